The van der Waals surface area contributed by atoms with Crippen molar-refractivity contribution in [1.29, 1.82) is 0 Å². The number of hydrogen-bond acceptors (Lipinski definition) is 10. The van der Waals surface area contributed by atoms with Crippen molar-refractivity contribution in [2.75, 3.05) is 20.8 Å². The van der Waals surface area contributed by atoms with Gasteiger partial charge in [-0.3, -0.25) is 21.0 Å². The summed E-state index contributed by atoms with van der Waals surface area (Å²) in [7, 11) is 3.34. The minimum atomic E-state index is -0.639. The highest BCUT2D eigenvalue weighted by atomic mass is 17.0. The fourth-order valence-corrected chi connectivity index (χ4v) is 9.06. The third-order valence-electron chi connectivity index (χ3n) is 11.6. The van der Waals surface area contributed by atoms with Crippen LogP contribution in [0.25, 0.3) is 0 Å². The van der Waals surface area contributed by atoms with Crippen LogP contribution in [0.15, 0.2) is 11.5 Å². The largest absolute Gasteiger partial charge is 0.462 e. The van der Waals surface area contributed by atoms with Crippen LogP contribution >= 0.6 is 0 Å². The van der Waals surface area contributed by atoms with Crippen LogP contribution in [0.5, 0.6) is 0 Å². The van der Waals surface area contributed by atoms with Gasteiger partial charge in [0.05, 0.1) is 18.8 Å². The number of methoxy groups -OCH3 is 2. The summed E-state index contributed by atoms with van der Waals surface area (Å²) in [4.78, 5) is 0. The molecule has 0 aromatic rings. The van der Waals surface area contributed by atoms with E-state index < -0.39 is 6.29 Å². The Balaban J connectivity index is 0.000000276. The Morgan fingerprint density at radius 1 is 0.750 bits per heavy atom. The topological polar surface area (TPSA) is 147 Å². The van der Waals surface area contributed by atoms with Gasteiger partial charge in [0.15, 0.2) is 6.29 Å². The second-order valence-corrected chi connectivity index (χ2v) is 13.7. The van der Waals surface area contributed by atoms with E-state index in [1.807, 2.05) is 0 Å². The van der Waals surface area contributed by atoms with Gasteiger partial charge >= 0.3 is 0 Å². The van der Waals surface area contributed by atoms with E-state index in [9.17, 15) is 5.11 Å². The maximum absolute atomic E-state index is 10.1. The molecule has 13 atom stereocenters. The van der Waals surface area contributed by atoms with Gasteiger partial charge in [-0.05, 0) is 107 Å². The molecule has 0 spiro atoms. The standard InChI is InChI=1S/C17H28O3.C17H32O3.2H2O2/c1-5-12-7-9-13-11(3)16(18-4)20-17-15(13)14(12)8-6-10(2)19-17;1-5-13-7-9-14(12(3)17(18)19-4)16-10-20-11(2)6-8-15(13)16;2*1-2/h10-14,16H,5-9H2,1-4H3;11-18H,5-10H2,1-4H3;2*1-2H/t10?,11-,12-,13?,14?,16+;11?,12-,13-,14?,15?,16?,17-;;/m11../s1. The molecule has 10 nitrogen and oxygen atoms in total. The van der Waals surface area contributed by atoms with Crippen molar-refractivity contribution in [3.8, 4) is 0 Å². The van der Waals surface area contributed by atoms with Gasteiger partial charge in [-0.1, -0.05) is 40.5 Å². The second-order valence-electron chi connectivity index (χ2n) is 13.7. The summed E-state index contributed by atoms with van der Waals surface area (Å²) in [5.41, 5.74) is 1.48. The number of fused-ring (bicyclic) bond motifs is 1. The van der Waals surface area contributed by atoms with Crippen molar-refractivity contribution in [3.05, 3.63) is 11.5 Å². The molecule has 7 unspecified atom stereocenters. The summed E-state index contributed by atoms with van der Waals surface area (Å²) in [6.45, 7) is 14.3. The van der Waals surface area contributed by atoms with Gasteiger partial charge in [-0.25, -0.2) is 0 Å². The monoisotopic (exact) mass is 632 g/mol. The predicted molar refractivity (Wildman–Crippen MR) is 169 cm³/mol. The lowest BCUT2D eigenvalue weighted by Gasteiger charge is -2.45. The number of allylic oxidation sites excluding steroid dienone is 1. The highest BCUT2D eigenvalue weighted by Crippen LogP contribution is 2.52. The molecule has 0 amide bonds. The van der Waals surface area contributed by atoms with E-state index in [1.54, 1.807) is 14.2 Å². The van der Waals surface area contributed by atoms with Crippen LogP contribution in [-0.4, -0.2) is 71.7 Å². The van der Waals surface area contributed by atoms with E-state index in [4.69, 9.17) is 44.7 Å². The molecule has 0 aromatic heterocycles. The summed E-state index contributed by atoms with van der Waals surface area (Å²) < 4.78 is 28.9. The molecule has 0 radical (unpaired) electrons. The van der Waals surface area contributed by atoms with Crippen molar-refractivity contribution in [3.63, 3.8) is 0 Å². The summed E-state index contributed by atoms with van der Waals surface area (Å²) in [5.74, 6) is 6.24. The highest BCUT2D eigenvalue weighted by Gasteiger charge is 2.47. The number of rotatable bonds is 6. The number of ether oxygens (including phenoxy) is 5. The Morgan fingerprint density at radius 2 is 1.36 bits per heavy atom. The normalized spacial score (nSPS) is 39.2. The first-order valence-electron chi connectivity index (χ1n) is 17.1. The molecule has 5 N–H and O–H groups in total. The molecule has 260 valence electrons. The average Bonchev–Trinajstić information content (AvgIpc) is 3.37. The highest BCUT2D eigenvalue weighted by molar-refractivity contribution is 5.21. The maximum atomic E-state index is 10.1. The van der Waals surface area contributed by atoms with Gasteiger partial charge in [0.25, 0.3) is 5.95 Å². The van der Waals surface area contributed by atoms with Gasteiger partial charge in [0.1, 0.15) is 0 Å². The molecule has 5 aliphatic rings. The fraction of sp³-hybridized carbons (Fsp3) is 0.941. The zero-order valence-electron chi connectivity index (χ0n) is 28.6. The summed E-state index contributed by atoms with van der Waals surface area (Å²) in [6, 6.07) is 0. The van der Waals surface area contributed by atoms with E-state index in [0.717, 1.165) is 36.7 Å². The quantitative estimate of drug-likeness (QED) is 0.113. The lowest BCUT2D eigenvalue weighted by Crippen LogP contribution is -2.42. The Morgan fingerprint density at radius 3 is 1.98 bits per heavy atom. The summed E-state index contributed by atoms with van der Waals surface area (Å²) >= 11 is 0. The van der Waals surface area contributed by atoms with Gasteiger partial charge in [0.2, 0.25) is 6.29 Å². The van der Waals surface area contributed by atoms with Gasteiger partial charge in [-0.15, -0.1) is 0 Å². The minimum Gasteiger partial charge on any atom is -0.462 e. The Labute approximate surface area is 265 Å². The van der Waals surface area contributed by atoms with Crippen LogP contribution in [0, 0.1) is 53.3 Å². The van der Waals surface area contributed by atoms with Crippen LogP contribution in [0.1, 0.15) is 106 Å². The molecule has 0 aromatic carbocycles. The van der Waals surface area contributed by atoms with E-state index in [0.29, 0.717) is 35.7 Å². The molecule has 5 rings (SSSR count). The summed E-state index contributed by atoms with van der Waals surface area (Å²) in [5, 5.41) is 34.1. The predicted octanol–water partition coefficient (Wildman–Crippen LogP) is 7.58. The van der Waals surface area contributed by atoms with Gasteiger partial charge < -0.3 is 28.8 Å². The first-order valence-corrected chi connectivity index (χ1v) is 17.1. The lowest BCUT2D eigenvalue weighted by molar-refractivity contribution is -0.190. The van der Waals surface area contributed by atoms with Crippen molar-refractivity contribution >= 4 is 0 Å². The Bertz CT molecular complexity index is 824. The Kier molecular flexibility index (Phi) is 17.5. The van der Waals surface area contributed by atoms with Crippen molar-refractivity contribution in [2.45, 2.75) is 131 Å². The second kappa shape index (κ2) is 19.6. The van der Waals surface area contributed by atoms with E-state index in [1.165, 1.54) is 63.4 Å². The SMILES string of the molecule is CC[C@@H]1CCC([C@@H](C)[C@H](O)OC)C2COC(C)CCC21.CC[C@@H]1CCC2C3=C(OC(C)CCC31)O[C@H](OC)[C@@H]2C.OO.OO. The number of hydrogen-bond donors (Lipinski definition) is 5. The molecule has 3 aliphatic heterocycles. The van der Waals surface area contributed by atoms with Crippen LogP contribution in [-0.2, 0) is 23.7 Å². The van der Waals surface area contributed by atoms with Crippen LogP contribution in [0.3, 0.4) is 0 Å². The molecule has 3 fully saturated rings. The third kappa shape index (κ3) is 9.31. The molecule has 3 heterocycles. The molecular formula is C34H64O10. The summed E-state index contributed by atoms with van der Waals surface area (Å²) in [6.07, 6.45) is 12.4. The molecular weight excluding hydrogens is 568 g/mol. The first kappa shape index (κ1) is 39.2. The molecule has 1 saturated heterocycles. The molecule has 10 heteroatoms. The fourth-order valence-electron chi connectivity index (χ4n) is 9.06. The molecule has 44 heavy (non-hydrogen) atoms. The number of aliphatic hydroxyl groups is 1. The smallest absolute Gasteiger partial charge is 0.281 e. The lowest BCUT2D eigenvalue weighted by atomic mass is 9.61. The third-order valence-corrected chi connectivity index (χ3v) is 11.6. The maximum Gasteiger partial charge on any atom is 0.281 e. The van der Waals surface area contributed by atoms with Gasteiger partial charge in [-0.2, -0.15) is 0 Å². The molecule has 2 saturated carbocycles. The van der Waals surface area contributed by atoms with Crippen LogP contribution in [0.2, 0.25) is 0 Å². The Hall–Kier alpha value is -0.980. The molecule has 2 aliphatic carbocycles. The minimum absolute atomic E-state index is 0.150. The van der Waals surface area contributed by atoms with Crippen LogP contribution in [0.4, 0.5) is 0 Å². The van der Waals surface area contributed by atoms with Crippen molar-refractivity contribution in [2.24, 2.45) is 53.3 Å². The van der Waals surface area contributed by atoms with Gasteiger partial charge in [0, 0.05) is 31.6 Å². The van der Waals surface area contributed by atoms with Crippen molar-refractivity contribution < 1.29 is 49.8 Å². The molecule has 0 bridgehead atoms. The number of aliphatic hydroxyl groups excluding tert-OH is 1. The van der Waals surface area contributed by atoms with E-state index >= 15 is 0 Å². The zero-order chi connectivity index (χ0) is 33.0. The van der Waals surface area contributed by atoms with Crippen molar-refractivity contribution in [1.82, 2.24) is 0 Å². The first-order chi connectivity index (χ1) is 21.2. The van der Waals surface area contributed by atoms with E-state index in [-0.39, 0.29) is 18.3 Å². The van der Waals surface area contributed by atoms with E-state index in [2.05, 4.69) is 41.5 Å². The average molecular weight is 633 g/mol. The van der Waals surface area contributed by atoms with Crippen LogP contribution < -0.4 is 0 Å². The zero-order valence-corrected chi connectivity index (χ0v) is 28.6.